The van der Waals surface area contributed by atoms with Crippen LogP contribution in [0, 0.1) is 0 Å². The molecule has 0 unspecified atom stereocenters. The van der Waals surface area contributed by atoms with Crippen molar-refractivity contribution in [3.63, 3.8) is 0 Å². The number of Topliss-reactive ketones (excluding diaryl/α,β-unsaturated/α-hetero) is 1. The van der Waals surface area contributed by atoms with Gasteiger partial charge in [-0.2, -0.15) is 0 Å². The number of fused-ring (bicyclic) bond motifs is 1. The third-order valence-corrected chi connectivity index (χ3v) is 3.84. The van der Waals surface area contributed by atoms with Crippen LogP contribution in [0.4, 0.5) is 0 Å². The number of nitrogens with one attached hydrogen (secondary N) is 1. The van der Waals surface area contributed by atoms with E-state index in [4.69, 9.17) is 25.8 Å². The summed E-state index contributed by atoms with van der Waals surface area (Å²) in [5.74, 6) is 1.20. The van der Waals surface area contributed by atoms with Crippen molar-refractivity contribution in [2.45, 2.75) is 13.5 Å². The quantitative estimate of drug-likeness (QED) is 0.801. The SMILES string of the molecule is CC(=O)c1cc(Cl)ccc1OCC(=O)NCc1ccc2c(c1)OCO2. The van der Waals surface area contributed by atoms with Crippen LogP contribution in [-0.2, 0) is 11.3 Å². The zero-order chi connectivity index (χ0) is 17.8. The number of ether oxygens (including phenoxy) is 3. The van der Waals surface area contributed by atoms with Crippen LogP contribution in [0.15, 0.2) is 36.4 Å². The molecule has 0 saturated carbocycles. The van der Waals surface area contributed by atoms with Gasteiger partial charge < -0.3 is 19.5 Å². The summed E-state index contributed by atoms with van der Waals surface area (Å²) in [4.78, 5) is 23.6. The minimum atomic E-state index is -0.304. The number of ketones is 1. The van der Waals surface area contributed by atoms with Crippen LogP contribution in [0.25, 0.3) is 0 Å². The van der Waals surface area contributed by atoms with E-state index in [1.54, 1.807) is 18.2 Å². The van der Waals surface area contributed by atoms with Gasteiger partial charge in [0.1, 0.15) is 5.75 Å². The van der Waals surface area contributed by atoms with Gasteiger partial charge in [-0.15, -0.1) is 0 Å². The predicted octanol–water partition coefficient (Wildman–Crippen LogP) is 2.97. The maximum Gasteiger partial charge on any atom is 0.258 e. The Morgan fingerprint density at radius 2 is 1.96 bits per heavy atom. The van der Waals surface area contributed by atoms with Gasteiger partial charge in [-0.3, -0.25) is 9.59 Å². The predicted molar refractivity (Wildman–Crippen MR) is 91.4 cm³/mol. The summed E-state index contributed by atoms with van der Waals surface area (Å²) in [5, 5.41) is 3.18. The van der Waals surface area contributed by atoms with Crippen LogP contribution in [0.2, 0.25) is 5.02 Å². The summed E-state index contributed by atoms with van der Waals surface area (Å²) < 4.78 is 16.0. The smallest absolute Gasteiger partial charge is 0.258 e. The number of hydrogen-bond donors (Lipinski definition) is 1. The zero-order valence-corrected chi connectivity index (χ0v) is 14.3. The normalized spacial score (nSPS) is 11.9. The van der Waals surface area contributed by atoms with Crippen molar-refractivity contribution in [1.82, 2.24) is 5.32 Å². The van der Waals surface area contributed by atoms with Gasteiger partial charge in [0.05, 0.1) is 5.56 Å². The molecule has 3 rings (SSSR count). The van der Waals surface area contributed by atoms with Crippen LogP contribution in [0.3, 0.4) is 0 Å². The van der Waals surface area contributed by atoms with Gasteiger partial charge in [-0.25, -0.2) is 0 Å². The molecular formula is C18H16ClNO5. The maximum atomic E-state index is 12.0. The van der Waals surface area contributed by atoms with Crippen molar-refractivity contribution < 1.29 is 23.8 Å². The molecule has 1 aliphatic heterocycles. The molecule has 130 valence electrons. The molecule has 6 nitrogen and oxygen atoms in total. The van der Waals surface area contributed by atoms with Gasteiger partial charge in [0, 0.05) is 11.6 Å². The van der Waals surface area contributed by atoms with Crippen molar-refractivity contribution in [2.75, 3.05) is 13.4 Å². The third-order valence-electron chi connectivity index (χ3n) is 3.61. The lowest BCUT2D eigenvalue weighted by Gasteiger charge is -2.11. The second-order valence-electron chi connectivity index (χ2n) is 5.45. The van der Waals surface area contributed by atoms with Crippen molar-refractivity contribution in [2.24, 2.45) is 0 Å². The average molecular weight is 362 g/mol. The van der Waals surface area contributed by atoms with Crippen LogP contribution in [0.5, 0.6) is 17.2 Å². The third kappa shape index (κ3) is 4.22. The van der Waals surface area contributed by atoms with E-state index in [-0.39, 0.29) is 25.1 Å². The summed E-state index contributed by atoms with van der Waals surface area (Å²) >= 11 is 5.88. The number of hydrogen-bond acceptors (Lipinski definition) is 5. The van der Waals surface area contributed by atoms with Gasteiger partial charge in [-0.05, 0) is 42.8 Å². The first-order chi connectivity index (χ1) is 12.0. The Morgan fingerprint density at radius 1 is 1.16 bits per heavy atom. The standard InChI is InChI=1S/C18H16ClNO5/c1-11(21)14-7-13(19)3-5-15(14)23-9-18(22)20-8-12-2-4-16-17(6-12)25-10-24-16/h2-7H,8-10H2,1H3,(H,20,22). The molecule has 1 amide bonds. The molecule has 0 fully saturated rings. The van der Waals surface area contributed by atoms with E-state index in [0.29, 0.717) is 34.4 Å². The second-order valence-corrected chi connectivity index (χ2v) is 5.89. The lowest BCUT2D eigenvalue weighted by molar-refractivity contribution is -0.123. The molecule has 2 aromatic carbocycles. The molecule has 0 bridgehead atoms. The number of amides is 1. The highest BCUT2D eigenvalue weighted by Gasteiger charge is 2.14. The highest BCUT2D eigenvalue weighted by Crippen LogP contribution is 2.32. The van der Waals surface area contributed by atoms with Crippen molar-refractivity contribution in [3.8, 4) is 17.2 Å². The van der Waals surface area contributed by atoms with Crippen LogP contribution >= 0.6 is 11.6 Å². The van der Waals surface area contributed by atoms with Gasteiger partial charge >= 0.3 is 0 Å². The van der Waals surface area contributed by atoms with E-state index in [2.05, 4.69) is 5.32 Å². The van der Waals surface area contributed by atoms with Gasteiger partial charge in [0.15, 0.2) is 23.9 Å². The molecule has 0 spiro atoms. The molecule has 1 N–H and O–H groups in total. The molecule has 0 atom stereocenters. The van der Waals surface area contributed by atoms with Gasteiger partial charge in [-0.1, -0.05) is 17.7 Å². The molecule has 1 heterocycles. The summed E-state index contributed by atoms with van der Waals surface area (Å²) in [6, 6.07) is 10.2. The first kappa shape index (κ1) is 17.1. The molecular weight excluding hydrogens is 346 g/mol. The molecule has 0 aromatic heterocycles. The maximum absolute atomic E-state index is 12.0. The Balaban J connectivity index is 1.54. The number of carbonyl (C=O) groups excluding carboxylic acids is 2. The summed E-state index contributed by atoms with van der Waals surface area (Å²) in [7, 11) is 0. The molecule has 0 aliphatic carbocycles. The molecule has 1 aliphatic rings. The molecule has 25 heavy (non-hydrogen) atoms. The second kappa shape index (κ2) is 7.44. The Hall–Kier alpha value is -2.73. The van der Waals surface area contributed by atoms with E-state index in [0.717, 1.165) is 5.56 Å². The Labute approximate surface area is 149 Å². The molecule has 2 aromatic rings. The fraction of sp³-hybridized carbons (Fsp3) is 0.222. The van der Waals surface area contributed by atoms with Crippen LogP contribution < -0.4 is 19.5 Å². The van der Waals surface area contributed by atoms with Crippen LogP contribution in [0.1, 0.15) is 22.8 Å². The van der Waals surface area contributed by atoms with E-state index in [1.165, 1.54) is 13.0 Å². The lowest BCUT2D eigenvalue weighted by atomic mass is 10.1. The highest BCUT2D eigenvalue weighted by atomic mass is 35.5. The molecule has 0 saturated heterocycles. The molecule has 0 radical (unpaired) electrons. The number of rotatable bonds is 6. The fourth-order valence-electron chi connectivity index (χ4n) is 2.35. The fourth-order valence-corrected chi connectivity index (χ4v) is 2.52. The van der Waals surface area contributed by atoms with E-state index in [1.807, 2.05) is 12.1 Å². The zero-order valence-electron chi connectivity index (χ0n) is 13.5. The van der Waals surface area contributed by atoms with Crippen molar-refractivity contribution >= 4 is 23.3 Å². The number of carbonyl (C=O) groups is 2. The average Bonchev–Trinajstić information content (AvgIpc) is 3.06. The minimum Gasteiger partial charge on any atom is -0.483 e. The minimum absolute atomic E-state index is 0.182. The summed E-state index contributed by atoms with van der Waals surface area (Å²) in [5.41, 5.74) is 1.23. The topological polar surface area (TPSA) is 73.9 Å². The number of halogens is 1. The van der Waals surface area contributed by atoms with Crippen molar-refractivity contribution in [1.29, 1.82) is 0 Å². The lowest BCUT2D eigenvalue weighted by Crippen LogP contribution is -2.28. The molecule has 7 heteroatoms. The first-order valence-corrected chi connectivity index (χ1v) is 7.99. The van der Waals surface area contributed by atoms with Crippen molar-refractivity contribution in [3.05, 3.63) is 52.5 Å². The summed E-state index contributed by atoms with van der Waals surface area (Å²) in [6.45, 7) is 1.75. The first-order valence-electron chi connectivity index (χ1n) is 7.61. The Kier molecular flexibility index (Phi) is 5.09. The number of benzene rings is 2. The monoisotopic (exact) mass is 361 g/mol. The Bertz CT molecular complexity index is 821. The van der Waals surface area contributed by atoms with Gasteiger partial charge in [0.2, 0.25) is 6.79 Å². The Morgan fingerprint density at radius 3 is 2.76 bits per heavy atom. The van der Waals surface area contributed by atoms with E-state index < -0.39 is 0 Å². The van der Waals surface area contributed by atoms with Gasteiger partial charge in [0.25, 0.3) is 5.91 Å². The van der Waals surface area contributed by atoms with E-state index in [9.17, 15) is 9.59 Å². The highest BCUT2D eigenvalue weighted by molar-refractivity contribution is 6.31. The van der Waals surface area contributed by atoms with Crippen LogP contribution in [-0.4, -0.2) is 25.1 Å². The van der Waals surface area contributed by atoms with E-state index >= 15 is 0 Å². The largest absolute Gasteiger partial charge is 0.483 e. The summed E-state index contributed by atoms with van der Waals surface area (Å²) in [6.07, 6.45) is 0.